The molecule has 3 aliphatic heterocycles. The molecule has 0 radical (unpaired) electrons. The van der Waals surface area contributed by atoms with Crippen molar-refractivity contribution in [3.05, 3.63) is 59.3 Å². The van der Waals surface area contributed by atoms with E-state index in [1.165, 1.54) is 25.3 Å². The van der Waals surface area contributed by atoms with Crippen molar-refractivity contribution >= 4 is 64.5 Å². The van der Waals surface area contributed by atoms with Gasteiger partial charge in [0.15, 0.2) is 12.4 Å². The SMILES string of the molecule is CC[C@@H]1C(=O)N(C)c2cnc(Nc3ccc(C(=O)NCCCOCCOCCOCCCNC(=O)COc4cccc5c4C(=O)N(C4CCC(=O)NC4=O)C5=O)cc3OC)nc2N1C1CCCC1. The van der Waals surface area contributed by atoms with Crippen molar-refractivity contribution in [2.75, 3.05) is 88.6 Å². The normalized spacial score (nSPS) is 18.1. The molecular weight excluding hydrogens is 883 g/mol. The quantitative estimate of drug-likeness (QED) is 0.0745. The third-order valence-corrected chi connectivity index (χ3v) is 12.2. The molecule has 3 aromatic rings. The minimum atomic E-state index is -1.11. The van der Waals surface area contributed by atoms with Crippen molar-refractivity contribution < 1.29 is 57.2 Å². The van der Waals surface area contributed by atoms with E-state index in [9.17, 15) is 33.6 Å². The van der Waals surface area contributed by atoms with E-state index in [2.05, 4.69) is 31.2 Å². The lowest BCUT2D eigenvalue weighted by Crippen LogP contribution is -2.55. The molecule has 1 aliphatic carbocycles. The molecule has 1 saturated heterocycles. The second-order valence-corrected chi connectivity index (χ2v) is 16.7. The van der Waals surface area contributed by atoms with Gasteiger partial charge in [-0.1, -0.05) is 25.8 Å². The van der Waals surface area contributed by atoms with Gasteiger partial charge in [0.05, 0.1) is 56.5 Å². The summed E-state index contributed by atoms with van der Waals surface area (Å²) in [6.45, 7) is 4.63. The van der Waals surface area contributed by atoms with E-state index in [0.29, 0.717) is 101 Å². The van der Waals surface area contributed by atoms with Gasteiger partial charge in [0, 0.05) is 51.4 Å². The van der Waals surface area contributed by atoms with Gasteiger partial charge in [-0.3, -0.25) is 43.8 Å². The first kappa shape index (κ1) is 49.2. The van der Waals surface area contributed by atoms with Crippen LogP contribution in [0.2, 0.25) is 0 Å². The number of carbonyl (C=O) groups is 7. The van der Waals surface area contributed by atoms with Crippen LogP contribution in [0.3, 0.4) is 0 Å². The molecule has 1 unspecified atom stereocenters. The average molecular weight is 942 g/mol. The molecule has 364 valence electrons. The summed E-state index contributed by atoms with van der Waals surface area (Å²) in [5.41, 5.74) is 1.74. The van der Waals surface area contributed by atoms with Crippen molar-refractivity contribution in [1.29, 1.82) is 0 Å². The maximum atomic E-state index is 13.2. The number of aromatic nitrogens is 2. The Bertz CT molecular complexity index is 2360. The largest absolute Gasteiger partial charge is 0.495 e. The smallest absolute Gasteiger partial charge is 0.266 e. The van der Waals surface area contributed by atoms with Crippen LogP contribution in [0.25, 0.3) is 0 Å². The molecule has 0 bridgehead atoms. The van der Waals surface area contributed by atoms with Crippen LogP contribution in [-0.4, -0.2) is 148 Å². The molecule has 4 N–H and O–H groups in total. The van der Waals surface area contributed by atoms with Crippen LogP contribution in [-0.2, 0) is 33.4 Å². The minimum absolute atomic E-state index is 0.00489. The van der Waals surface area contributed by atoms with E-state index in [4.69, 9.17) is 28.7 Å². The third-order valence-electron chi connectivity index (χ3n) is 12.2. The fourth-order valence-electron chi connectivity index (χ4n) is 8.72. The first-order valence-electron chi connectivity index (χ1n) is 23.1. The lowest BCUT2D eigenvalue weighted by atomic mass is 10.0. The molecule has 7 amide bonds. The Morgan fingerprint density at radius 1 is 0.853 bits per heavy atom. The van der Waals surface area contributed by atoms with E-state index >= 15 is 0 Å². The number of rotatable bonds is 24. The number of benzene rings is 2. The second kappa shape index (κ2) is 23.3. The first-order chi connectivity index (χ1) is 33.0. The van der Waals surface area contributed by atoms with Crippen LogP contribution in [0, 0.1) is 0 Å². The molecule has 4 aliphatic rings. The topological polar surface area (TPSA) is 249 Å². The number of amides is 7. The van der Waals surface area contributed by atoms with Gasteiger partial charge in [-0.15, -0.1) is 0 Å². The number of hydrogen-bond donors (Lipinski definition) is 4. The predicted molar refractivity (Wildman–Crippen MR) is 246 cm³/mol. The number of ether oxygens (including phenoxy) is 5. The highest BCUT2D eigenvalue weighted by molar-refractivity contribution is 6.24. The minimum Gasteiger partial charge on any atom is -0.495 e. The van der Waals surface area contributed by atoms with Gasteiger partial charge >= 0.3 is 0 Å². The van der Waals surface area contributed by atoms with Gasteiger partial charge in [-0.05, 0) is 68.9 Å². The van der Waals surface area contributed by atoms with Crippen LogP contribution in [0.4, 0.5) is 23.1 Å². The molecule has 0 spiro atoms. The number of anilines is 4. The van der Waals surface area contributed by atoms with E-state index in [0.717, 1.165) is 36.4 Å². The summed E-state index contributed by atoms with van der Waals surface area (Å²) in [7, 11) is 3.30. The van der Waals surface area contributed by atoms with Gasteiger partial charge in [-0.2, -0.15) is 4.98 Å². The summed E-state index contributed by atoms with van der Waals surface area (Å²) in [6.07, 6.45) is 7.82. The Morgan fingerprint density at radius 2 is 1.56 bits per heavy atom. The molecule has 1 aromatic heterocycles. The van der Waals surface area contributed by atoms with Gasteiger partial charge in [0.25, 0.3) is 23.6 Å². The number of carbonyl (C=O) groups excluding carboxylic acids is 7. The number of likely N-dealkylation sites (N-methyl/N-ethyl adjacent to an activating group) is 1. The standard InChI is InChI=1S/C47H59N9O12/c1-4-33-45(62)54(2)35-27-50-47(53-41(35)55(33)30-10-5-6-11-30)51-32-15-14-29(26-37(32)64-3)42(59)49-19-9-21-66-23-25-67-24-22-65-20-8-18-48-39(58)28-68-36-13-7-12-31-40(36)46(63)56(44(31)61)34-16-17-38(57)52-43(34)60/h7,12-15,26-27,30,33-34H,4-6,8-11,16-25,28H2,1-3H3,(H,48,58)(H,49,59)(H,50,51,53)(H,52,57,60)/t33-,34?/m1/s1. The number of fused-ring (bicyclic) bond motifs is 2. The number of nitrogens with one attached hydrogen (secondary N) is 4. The molecule has 21 heteroatoms. The predicted octanol–water partition coefficient (Wildman–Crippen LogP) is 2.89. The number of methoxy groups -OCH3 is 1. The van der Waals surface area contributed by atoms with E-state index in [1.807, 2.05) is 6.92 Å². The highest BCUT2D eigenvalue weighted by Crippen LogP contribution is 2.40. The highest BCUT2D eigenvalue weighted by Gasteiger charge is 2.46. The summed E-state index contributed by atoms with van der Waals surface area (Å²) >= 11 is 0. The highest BCUT2D eigenvalue weighted by atomic mass is 16.5. The molecule has 2 atom stereocenters. The summed E-state index contributed by atoms with van der Waals surface area (Å²) in [5.74, 6) is -1.60. The molecule has 68 heavy (non-hydrogen) atoms. The van der Waals surface area contributed by atoms with Crippen molar-refractivity contribution in [2.24, 2.45) is 0 Å². The Hall–Kier alpha value is -6.71. The summed E-state index contributed by atoms with van der Waals surface area (Å²) in [6, 6.07) is 8.41. The van der Waals surface area contributed by atoms with Gasteiger partial charge < -0.3 is 49.4 Å². The van der Waals surface area contributed by atoms with Crippen LogP contribution in [0.5, 0.6) is 11.5 Å². The Morgan fingerprint density at radius 3 is 2.25 bits per heavy atom. The van der Waals surface area contributed by atoms with Gasteiger partial charge in [0.2, 0.25) is 23.7 Å². The lowest BCUT2D eigenvalue weighted by Gasteiger charge is -2.43. The number of hydrogen-bond acceptors (Lipinski definition) is 16. The maximum absolute atomic E-state index is 13.2. The molecule has 1 saturated carbocycles. The summed E-state index contributed by atoms with van der Waals surface area (Å²) in [5, 5.41) is 11.0. The molecule has 2 fully saturated rings. The fraction of sp³-hybridized carbons (Fsp3) is 0.511. The zero-order chi connectivity index (χ0) is 48.2. The maximum Gasteiger partial charge on any atom is 0.266 e. The fourth-order valence-corrected chi connectivity index (χ4v) is 8.72. The van der Waals surface area contributed by atoms with Gasteiger partial charge in [0.1, 0.15) is 29.3 Å². The number of nitrogens with zero attached hydrogens (tertiary/aromatic N) is 5. The van der Waals surface area contributed by atoms with Gasteiger partial charge in [-0.25, -0.2) is 4.98 Å². The molecule has 21 nitrogen and oxygen atoms in total. The van der Waals surface area contributed by atoms with Crippen LogP contribution in [0.15, 0.2) is 42.6 Å². The zero-order valence-electron chi connectivity index (χ0n) is 38.6. The monoisotopic (exact) mass is 941 g/mol. The summed E-state index contributed by atoms with van der Waals surface area (Å²) in [4.78, 5) is 103. The third kappa shape index (κ3) is 11.5. The summed E-state index contributed by atoms with van der Waals surface area (Å²) < 4.78 is 28.0. The lowest BCUT2D eigenvalue weighted by molar-refractivity contribution is -0.136. The Kier molecular flexibility index (Phi) is 16.9. The molecule has 4 heterocycles. The van der Waals surface area contributed by atoms with Crippen molar-refractivity contribution in [3.8, 4) is 11.5 Å². The average Bonchev–Trinajstić information content (AvgIpc) is 3.96. The van der Waals surface area contributed by atoms with Crippen LogP contribution in [0.1, 0.15) is 95.8 Å². The second-order valence-electron chi connectivity index (χ2n) is 16.7. The number of piperidine rings is 1. The van der Waals surface area contributed by atoms with E-state index in [-0.39, 0.29) is 53.6 Å². The van der Waals surface area contributed by atoms with Crippen LogP contribution >= 0.6 is 0 Å². The molecular formula is C47H59N9O12. The Labute approximate surface area is 393 Å². The van der Waals surface area contributed by atoms with Crippen molar-refractivity contribution in [1.82, 2.24) is 30.8 Å². The molecule has 2 aromatic carbocycles. The van der Waals surface area contributed by atoms with E-state index in [1.54, 1.807) is 36.3 Å². The van der Waals surface area contributed by atoms with E-state index < -0.39 is 42.2 Å². The first-order valence-corrected chi connectivity index (χ1v) is 23.1. The Balaban J connectivity index is 0.719. The zero-order valence-corrected chi connectivity index (χ0v) is 38.6. The molecule has 7 rings (SSSR count). The number of imide groups is 2. The van der Waals surface area contributed by atoms with Crippen molar-refractivity contribution in [2.45, 2.75) is 82.8 Å². The van der Waals surface area contributed by atoms with Crippen LogP contribution < -0.4 is 40.5 Å². The van der Waals surface area contributed by atoms with Crippen molar-refractivity contribution in [3.63, 3.8) is 0 Å².